The Morgan fingerprint density at radius 3 is 2.59 bits per heavy atom. The number of rotatable bonds is 6. The number of hydrogen-bond donors (Lipinski definition) is 2. The molecule has 4 aliphatic rings. The van der Waals surface area contributed by atoms with Crippen LogP contribution in [-0.4, -0.2) is 46.6 Å². The monoisotopic (exact) mass is 459 g/mol. The highest BCUT2D eigenvalue weighted by molar-refractivity contribution is 5.88. The Kier molecular flexibility index (Phi) is 4.33. The van der Waals surface area contributed by atoms with Gasteiger partial charge in [-0.25, -0.2) is 14.4 Å². The Morgan fingerprint density at radius 1 is 1.15 bits per heavy atom. The van der Waals surface area contributed by atoms with Crippen molar-refractivity contribution in [2.24, 2.45) is 23.5 Å². The molecular formula is C25H26FN7O. The first-order chi connectivity index (χ1) is 16.6. The molecule has 3 aliphatic carbocycles. The lowest BCUT2D eigenvalue weighted by atomic mass is 10.0. The Labute approximate surface area is 196 Å². The van der Waals surface area contributed by atoms with Crippen molar-refractivity contribution < 1.29 is 9.13 Å². The van der Waals surface area contributed by atoms with E-state index in [1.807, 2.05) is 7.05 Å². The molecular weight excluding hydrogens is 433 g/mol. The zero-order valence-corrected chi connectivity index (χ0v) is 19.0. The summed E-state index contributed by atoms with van der Waals surface area (Å²) >= 11 is 0. The van der Waals surface area contributed by atoms with Crippen molar-refractivity contribution in [3.05, 3.63) is 47.4 Å². The van der Waals surface area contributed by atoms with Crippen LogP contribution in [0.2, 0.25) is 0 Å². The van der Waals surface area contributed by atoms with Gasteiger partial charge in [-0.05, 0) is 60.4 Å². The summed E-state index contributed by atoms with van der Waals surface area (Å²) in [5.41, 5.74) is 10.4. The van der Waals surface area contributed by atoms with Gasteiger partial charge in [0.1, 0.15) is 17.5 Å². The smallest absolute Gasteiger partial charge is 0.324 e. The van der Waals surface area contributed by atoms with Gasteiger partial charge in [0.15, 0.2) is 5.75 Å². The number of fused-ring (bicyclic) bond motifs is 4. The van der Waals surface area contributed by atoms with Gasteiger partial charge in [0, 0.05) is 43.7 Å². The van der Waals surface area contributed by atoms with E-state index in [9.17, 15) is 4.39 Å². The lowest BCUT2D eigenvalue weighted by molar-refractivity contribution is 0.435. The van der Waals surface area contributed by atoms with Gasteiger partial charge in [-0.3, -0.25) is 0 Å². The van der Waals surface area contributed by atoms with Crippen LogP contribution in [0.15, 0.2) is 24.5 Å². The Bertz CT molecular complexity index is 1280. The Morgan fingerprint density at radius 2 is 1.91 bits per heavy atom. The van der Waals surface area contributed by atoms with Crippen molar-refractivity contribution >= 4 is 11.5 Å². The quantitative estimate of drug-likeness (QED) is 0.453. The summed E-state index contributed by atoms with van der Waals surface area (Å²) in [5, 5.41) is 3.13. The molecule has 2 saturated carbocycles. The molecule has 1 aromatic carbocycles. The molecule has 2 atom stereocenters. The fraction of sp³-hybridized carbons (Fsp3) is 0.440. The van der Waals surface area contributed by atoms with Crippen LogP contribution >= 0.6 is 0 Å². The topological polar surface area (TPSA) is 102 Å². The van der Waals surface area contributed by atoms with E-state index in [0.717, 1.165) is 72.2 Å². The van der Waals surface area contributed by atoms with E-state index in [0.29, 0.717) is 35.8 Å². The molecule has 1 aliphatic heterocycles. The first-order valence-corrected chi connectivity index (χ1v) is 12.0. The molecule has 2 unspecified atom stereocenters. The van der Waals surface area contributed by atoms with Gasteiger partial charge in [0.2, 0.25) is 0 Å². The van der Waals surface area contributed by atoms with E-state index < -0.39 is 0 Å². The molecule has 3 heterocycles. The number of benzene rings is 1. The molecule has 3 aromatic rings. The normalized spacial score (nSPS) is 24.0. The third-order valence-electron chi connectivity index (χ3n) is 7.78. The molecule has 174 valence electrons. The van der Waals surface area contributed by atoms with Gasteiger partial charge in [0.25, 0.3) is 0 Å². The third-order valence-corrected chi connectivity index (χ3v) is 7.78. The summed E-state index contributed by atoms with van der Waals surface area (Å²) < 4.78 is 20.5. The standard InChI is InChI=1S/C25H26FN7O/c1-28-20-5-13(26)4-16-15(20)6-21-22(16)24(33-10-18-17(7-27)19(18)11-33)32-25(31-21)34-14-8-29-23(30-9-14)12-2-3-12/h4-5,8-9,12,17-19,28H,2-3,6-7,10-11,27H2,1H3. The van der Waals surface area contributed by atoms with Gasteiger partial charge in [-0.1, -0.05) is 0 Å². The maximum Gasteiger partial charge on any atom is 0.324 e. The van der Waals surface area contributed by atoms with E-state index in [1.165, 1.54) is 6.07 Å². The lowest BCUT2D eigenvalue weighted by Gasteiger charge is -2.24. The number of halogens is 1. The summed E-state index contributed by atoms with van der Waals surface area (Å²) in [4.78, 5) is 20.8. The molecule has 34 heavy (non-hydrogen) atoms. The van der Waals surface area contributed by atoms with E-state index in [-0.39, 0.29) is 11.8 Å². The van der Waals surface area contributed by atoms with Crippen molar-refractivity contribution in [3.8, 4) is 22.9 Å². The summed E-state index contributed by atoms with van der Waals surface area (Å²) in [5.74, 6) is 4.20. The number of anilines is 2. The van der Waals surface area contributed by atoms with E-state index >= 15 is 0 Å². The first kappa shape index (κ1) is 20.1. The highest BCUT2D eigenvalue weighted by Crippen LogP contribution is 2.54. The van der Waals surface area contributed by atoms with Crippen molar-refractivity contribution in [2.45, 2.75) is 25.2 Å². The highest BCUT2D eigenvalue weighted by Gasteiger charge is 2.55. The molecule has 9 heteroatoms. The molecule has 7 rings (SSSR count). The maximum atomic E-state index is 14.5. The summed E-state index contributed by atoms with van der Waals surface area (Å²) in [6, 6.07) is 3.40. The second-order valence-electron chi connectivity index (χ2n) is 9.84. The largest absolute Gasteiger partial charge is 0.421 e. The summed E-state index contributed by atoms with van der Waals surface area (Å²) in [7, 11) is 1.81. The Hall–Kier alpha value is -3.33. The fourth-order valence-electron chi connectivity index (χ4n) is 5.80. The minimum absolute atomic E-state index is 0.270. The number of nitrogens with one attached hydrogen (secondary N) is 1. The van der Waals surface area contributed by atoms with Gasteiger partial charge in [-0.2, -0.15) is 9.97 Å². The average molecular weight is 460 g/mol. The van der Waals surface area contributed by atoms with Gasteiger partial charge < -0.3 is 20.7 Å². The molecule has 0 bridgehead atoms. The second kappa shape index (κ2) is 7.33. The van der Waals surface area contributed by atoms with Crippen LogP contribution in [0.25, 0.3) is 11.1 Å². The van der Waals surface area contributed by atoms with Crippen molar-refractivity contribution in [3.63, 3.8) is 0 Å². The molecule has 0 amide bonds. The zero-order valence-electron chi connectivity index (χ0n) is 19.0. The summed E-state index contributed by atoms with van der Waals surface area (Å²) in [6.45, 7) is 2.53. The maximum absolute atomic E-state index is 14.5. The fourth-order valence-corrected chi connectivity index (χ4v) is 5.80. The van der Waals surface area contributed by atoms with Crippen molar-refractivity contribution in [1.82, 2.24) is 19.9 Å². The van der Waals surface area contributed by atoms with E-state index in [4.69, 9.17) is 20.4 Å². The predicted molar refractivity (Wildman–Crippen MR) is 126 cm³/mol. The lowest BCUT2D eigenvalue weighted by Crippen LogP contribution is -2.27. The van der Waals surface area contributed by atoms with Crippen LogP contribution in [0.1, 0.15) is 35.8 Å². The number of nitrogens with two attached hydrogens (primary N) is 1. The predicted octanol–water partition coefficient (Wildman–Crippen LogP) is 3.33. The molecule has 3 fully saturated rings. The van der Waals surface area contributed by atoms with E-state index in [2.05, 4.69) is 20.2 Å². The minimum Gasteiger partial charge on any atom is -0.421 e. The molecule has 3 N–H and O–H groups in total. The number of piperidine rings is 1. The van der Waals surface area contributed by atoms with Crippen LogP contribution in [-0.2, 0) is 6.42 Å². The average Bonchev–Trinajstić information content (AvgIpc) is 3.73. The van der Waals surface area contributed by atoms with Crippen LogP contribution in [0, 0.1) is 23.6 Å². The van der Waals surface area contributed by atoms with Crippen LogP contribution in [0.3, 0.4) is 0 Å². The van der Waals surface area contributed by atoms with Crippen LogP contribution in [0.4, 0.5) is 15.9 Å². The Balaban J connectivity index is 1.28. The molecule has 8 nitrogen and oxygen atoms in total. The van der Waals surface area contributed by atoms with Crippen molar-refractivity contribution in [2.75, 3.05) is 36.9 Å². The second-order valence-corrected chi connectivity index (χ2v) is 9.84. The SMILES string of the molecule is CNc1cc(F)cc2c1Cc1nc(Oc3cnc(C4CC4)nc3)nc(N3CC4C(CN)C4C3)c1-2. The molecule has 0 radical (unpaired) electrons. The van der Waals surface area contributed by atoms with Gasteiger partial charge >= 0.3 is 6.01 Å². The molecule has 2 aromatic heterocycles. The summed E-state index contributed by atoms with van der Waals surface area (Å²) in [6.07, 6.45) is 6.27. The van der Waals surface area contributed by atoms with Gasteiger partial charge in [0.05, 0.1) is 18.1 Å². The highest BCUT2D eigenvalue weighted by atomic mass is 19.1. The number of ether oxygens (including phenoxy) is 1. The third kappa shape index (κ3) is 3.14. The van der Waals surface area contributed by atoms with E-state index in [1.54, 1.807) is 18.5 Å². The number of aromatic nitrogens is 4. The van der Waals surface area contributed by atoms with Crippen LogP contribution in [0.5, 0.6) is 11.8 Å². The molecule has 1 saturated heterocycles. The number of hydrogen-bond acceptors (Lipinski definition) is 8. The van der Waals surface area contributed by atoms with Crippen molar-refractivity contribution in [1.29, 1.82) is 0 Å². The van der Waals surface area contributed by atoms with Gasteiger partial charge in [-0.15, -0.1) is 0 Å². The van der Waals surface area contributed by atoms with Crippen LogP contribution < -0.4 is 20.7 Å². The molecule has 0 spiro atoms. The minimum atomic E-state index is -0.275. The number of nitrogens with zero attached hydrogens (tertiary/aromatic N) is 5. The first-order valence-electron chi connectivity index (χ1n) is 12.0. The zero-order chi connectivity index (χ0) is 23.0.